The van der Waals surface area contributed by atoms with Crippen molar-refractivity contribution in [1.29, 1.82) is 5.26 Å². The van der Waals surface area contributed by atoms with Gasteiger partial charge in [0.25, 0.3) is 6.43 Å². The van der Waals surface area contributed by atoms with Crippen molar-refractivity contribution in [3.05, 3.63) is 29.5 Å². The van der Waals surface area contributed by atoms with Gasteiger partial charge in [0.15, 0.2) is 10.7 Å². The topological polar surface area (TPSA) is 133 Å². The van der Waals surface area contributed by atoms with Crippen LogP contribution in [-0.4, -0.2) is 75.8 Å². The molecule has 2 fully saturated rings. The number of fused-ring (bicyclic) bond motifs is 3. The first-order valence-electron chi connectivity index (χ1n) is 13.0. The maximum Gasteiger partial charge on any atom is 0.291 e. The van der Waals surface area contributed by atoms with Crippen molar-refractivity contribution in [3.8, 4) is 11.2 Å². The predicted octanol–water partition coefficient (Wildman–Crippen LogP) is 3.62. The maximum atomic E-state index is 13.4. The minimum Gasteiger partial charge on any atom is -0.353 e. The molecule has 1 saturated heterocycles. The zero-order valence-corrected chi connectivity index (χ0v) is 23.5. The normalized spacial score (nSPS) is 19.5. The van der Waals surface area contributed by atoms with Gasteiger partial charge in [-0.05, 0) is 44.9 Å². The highest BCUT2D eigenvalue weighted by Gasteiger charge is 2.47. The molecule has 1 aliphatic carbocycles. The van der Waals surface area contributed by atoms with Crippen LogP contribution in [0.4, 0.5) is 14.6 Å². The molecule has 4 aromatic rings. The van der Waals surface area contributed by atoms with Crippen LogP contribution in [0.2, 0.25) is 0 Å². The van der Waals surface area contributed by atoms with Crippen LogP contribution in [-0.2, 0) is 10.0 Å². The number of sulfonamides is 1. The summed E-state index contributed by atoms with van der Waals surface area (Å²) in [7, 11) is -4.04. The minimum atomic E-state index is -4.04. The van der Waals surface area contributed by atoms with Gasteiger partial charge in [-0.1, -0.05) is 24.3 Å². The predicted molar refractivity (Wildman–Crippen MR) is 146 cm³/mol. The van der Waals surface area contributed by atoms with E-state index in [4.69, 9.17) is 0 Å². The Hall–Kier alpha value is -3.32. The quantitative estimate of drug-likeness (QED) is 0.328. The molecule has 1 saturated carbocycles. The van der Waals surface area contributed by atoms with Gasteiger partial charge in [0.05, 0.1) is 21.9 Å². The summed E-state index contributed by atoms with van der Waals surface area (Å²) in [4.78, 5) is 13.7. The molecule has 0 amide bonds. The monoisotopic (exact) mass is 587 g/mol. The maximum absolute atomic E-state index is 13.4. The van der Waals surface area contributed by atoms with E-state index in [9.17, 15) is 22.5 Å². The van der Waals surface area contributed by atoms with Crippen LogP contribution >= 0.6 is 11.3 Å². The molecule has 210 valence electrons. The first kappa shape index (κ1) is 26.9. The van der Waals surface area contributed by atoms with Gasteiger partial charge in [0, 0.05) is 31.1 Å². The Kier molecular flexibility index (Phi) is 6.68. The van der Waals surface area contributed by atoms with Gasteiger partial charge in [-0.25, -0.2) is 27.2 Å². The summed E-state index contributed by atoms with van der Waals surface area (Å²) < 4.78 is 57.4. The highest BCUT2D eigenvalue weighted by atomic mass is 32.2. The molecule has 0 radical (unpaired) electrons. The molecule has 1 atom stereocenters. The Balaban J connectivity index is 1.53. The fourth-order valence-corrected chi connectivity index (χ4v) is 7.40. The number of anilines is 1. The number of benzene rings is 1. The molecule has 1 unspecified atom stereocenters. The number of aromatic nitrogens is 5. The number of hydrogen-bond donors (Lipinski definition) is 1. The van der Waals surface area contributed by atoms with Gasteiger partial charge in [-0.15, -0.1) is 10.2 Å². The van der Waals surface area contributed by atoms with Crippen molar-refractivity contribution in [3.63, 3.8) is 0 Å². The zero-order valence-electron chi connectivity index (χ0n) is 21.9. The summed E-state index contributed by atoms with van der Waals surface area (Å²) in [6, 6.07) is 6.94. The average molecular weight is 588 g/mol. The first-order valence-corrected chi connectivity index (χ1v) is 15.3. The van der Waals surface area contributed by atoms with E-state index < -0.39 is 27.0 Å². The molecule has 1 aromatic carbocycles. The third-order valence-electron chi connectivity index (χ3n) is 7.49. The summed E-state index contributed by atoms with van der Waals surface area (Å²) >= 11 is 0.715. The Morgan fingerprint density at radius 2 is 2.05 bits per heavy atom. The minimum absolute atomic E-state index is 0.0551. The van der Waals surface area contributed by atoms with Crippen molar-refractivity contribution in [1.82, 2.24) is 34.4 Å². The number of alkyl halides is 2. The smallest absolute Gasteiger partial charge is 0.291 e. The largest absolute Gasteiger partial charge is 0.353 e. The summed E-state index contributed by atoms with van der Waals surface area (Å²) in [5.74, 6) is 0.686. The number of nitrogens with zero attached hydrogens (tertiary/aromatic N) is 8. The Morgan fingerprint density at radius 1 is 1.25 bits per heavy atom. The Labute approximate surface area is 233 Å². The highest BCUT2D eigenvalue weighted by Crippen LogP contribution is 2.40. The van der Waals surface area contributed by atoms with Crippen molar-refractivity contribution < 1.29 is 17.2 Å². The third kappa shape index (κ3) is 4.58. The molecule has 0 bridgehead atoms. The van der Waals surface area contributed by atoms with E-state index >= 15 is 0 Å². The SMILES string of the molecule is CCCN1CCN(c2ncnc3c2c2ccc(S(=O)(=O)NC4(C#N)CC4)cc2n3-c2nnc(C(F)F)s2)CC1C. The molecule has 2 aliphatic rings. The molecule has 40 heavy (non-hydrogen) atoms. The molecule has 11 nitrogen and oxygen atoms in total. The number of rotatable bonds is 8. The highest BCUT2D eigenvalue weighted by molar-refractivity contribution is 7.89. The second-order valence-electron chi connectivity index (χ2n) is 10.3. The number of piperazine rings is 1. The summed E-state index contributed by atoms with van der Waals surface area (Å²) in [5.41, 5.74) is -0.268. The van der Waals surface area contributed by atoms with E-state index in [0.29, 0.717) is 58.0 Å². The van der Waals surface area contributed by atoms with Crippen LogP contribution < -0.4 is 9.62 Å². The van der Waals surface area contributed by atoms with Crippen LogP contribution in [0.1, 0.15) is 44.5 Å². The van der Waals surface area contributed by atoms with E-state index in [1.54, 1.807) is 10.6 Å². The number of nitrogens with one attached hydrogen (secondary N) is 1. The van der Waals surface area contributed by atoms with Crippen LogP contribution in [0.3, 0.4) is 0 Å². The fourth-order valence-electron chi connectivity index (χ4n) is 5.29. The summed E-state index contributed by atoms with van der Waals surface area (Å²) in [6.07, 6.45) is 0.568. The molecular weight excluding hydrogens is 560 g/mol. The van der Waals surface area contributed by atoms with Gasteiger partial charge in [0.1, 0.15) is 17.7 Å². The van der Waals surface area contributed by atoms with Crippen LogP contribution in [0.25, 0.3) is 27.1 Å². The average Bonchev–Trinajstić information content (AvgIpc) is 3.37. The van der Waals surface area contributed by atoms with Gasteiger partial charge in [-0.3, -0.25) is 9.47 Å². The van der Waals surface area contributed by atoms with Crippen molar-refractivity contribution in [2.45, 2.75) is 56.0 Å². The number of halogens is 2. The third-order valence-corrected chi connectivity index (χ3v) is 9.94. The van der Waals surface area contributed by atoms with Gasteiger partial charge >= 0.3 is 0 Å². The molecular formula is C25H27F2N9O2S2. The van der Waals surface area contributed by atoms with Gasteiger partial charge < -0.3 is 4.90 Å². The van der Waals surface area contributed by atoms with E-state index in [1.807, 2.05) is 6.07 Å². The molecule has 1 N–H and O–H groups in total. The fraction of sp³-hybridized carbons (Fsp3) is 0.480. The van der Waals surface area contributed by atoms with E-state index in [-0.39, 0.29) is 10.0 Å². The first-order chi connectivity index (χ1) is 19.2. The van der Waals surface area contributed by atoms with Crippen molar-refractivity contribution in [2.75, 3.05) is 31.1 Å². The molecule has 6 rings (SSSR count). The number of hydrogen-bond acceptors (Lipinski definition) is 10. The lowest BCUT2D eigenvalue weighted by Crippen LogP contribution is -2.52. The van der Waals surface area contributed by atoms with Gasteiger partial charge in [-0.2, -0.15) is 9.98 Å². The molecule has 4 heterocycles. The Morgan fingerprint density at radius 3 is 2.70 bits per heavy atom. The lowest BCUT2D eigenvalue weighted by molar-refractivity contribution is 0.150. The summed E-state index contributed by atoms with van der Waals surface area (Å²) in [6.45, 7) is 7.68. The lowest BCUT2D eigenvalue weighted by Gasteiger charge is -2.40. The van der Waals surface area contributed by atoms with Gasteiger partial charge in [0.2, 0.25) is 15.2 Å². The number of nitriles is 1. The van der Waals surface area contributed by atoms with E-state index in [1.165, 1.54) is 18.5 Å². The second-order valence-corrected chi connectivity index (χ2v) is 12.9. The standard InChI is InChI=1S/C25H27F2N9O2S2/c1-3-8-34-9-10-35(12-15(34)2)21-19-17-5-4-16(40(37,38)33-25(13-28)6-7-25)11-18(17)36(22(19)30-14-29-21)24-32-31-23(39-24)20(26)27/h4-5,11,14-15,20,33H,3,6-10,12H2,1-2H3. The van der Waals surface area contributed by atoms with Crippen LogP contribution in [0, 0.1) is 11.3 Å². The zero-order chi connectivity index (χ0) is 28.2. The summed E-state index contributed by atoms with van der Waals surface area (Å²) in [5, 5.41) is 18.1. The second kappa shape index (κ2) is 9.95. The molecule has 1 aliphatic heterocycles. The van der Waals surface area contributed by atoms with Crippen molar-refractivity contribution in [2.24, 2.45) is 0 Å². The molecule has 3 aromatic heterocycles. The van der Waals surface area contributed by atoms with Crippen LogP contribution in [0.5, 0.6) is 0 Å². The lowest BCUT2D eigenvalue weighted by atomic mass is 10.1. The van der Waals surface area contributed by atoms with Crippen molar-refractivity contribution >= 4 is 49.1 Å². The van der Waals surface area contributed by atoms with Crippen LogP contribution in [0.15, 0.2) is 29.4 Å². The Bertz CT molecular complexity index is 1740. The van der Waals surface area contributed by atoms with E-state index in [0.717, 1.165) is 32.6 Å². The molecule has 15 heteroatoms. The molecule has 0 spiro atoms. The van der Waals surface area contributed by atoms with E-state index in [2.05, 4.69) is 48.5 Å².